The van der Waals surface area contributed by atoms with Crippen molar-refractivity contribution < 1.29 is 19.1 Å². The first-order chi connectivity index (χ1) is 10.1. The van der Waals surface area contributed by atoms with Crippen molar-refractivity contribution in [3.8, 4) is 11.5 Å². The first-order valence-corrected chi connectivity index (χ1v) is 6.86. The molecule has 1 N–H and O–H groups in total. The summed E-state index contributed by atoms with van der Waals surface area (Å²) in [6.07, 6.45) is 1.75. The van der Waals surface area contributed by atoms with E-state index in [9.17, 15) is 10.1 Å². The maximum absolute atomic E-state index is 11.1. The van der Waals surface area contributed by atoms with Crippen LogP contribution >= 0.6 is 0 Å². The zero-order valence-electron chi connectivity index (χ0n) is 12.7. The van der Waals surface area contributed by atoms with Crippen LogP contribution in [0.4, 0.5) is 11.4 Å². The third-order valence-corrected chi connectivity index (χ3v) is 2.83. The molecule has 0 aliphatic heterocycles. The number of ether oxygens (including phenoxy) is 3. The number of benzene rings is 1. The average Bonchev–Trinajstić information content (AvgIpc) is 2.49. The third kappa shape index (κ3) is 5.11. The zero-order valence-corrected chi connectivity index (χ0v) is 12.7. The van der Waals surface area contributed by atoms with Crippen LogP contribution in [0.5, 0.6) is 11.5 Å². The first kappa shape index (κ1) is 17.0. The van der Waals surface area contributed by atoms with E-state index < -0.39 is 4.92 Å². The van der Waals surface area contributed by atoms with Crippen LogP contribution in [-0.4, -0.2) is 38.9 Å². The molecule has 0 bridgehead atoms. The molecule has 0 unspecified atom stereocenters. The van der Waals surface area contributed by atoms with Gasteiger partial charge in [-0.15, -0.1) is 0 Å². The Morgan fingerprint density at radius 2 is 1.86 bits per heavy atom. The van der Waals surface area contributed by atoms with Gasteiger partial charge in [-0.2, -0.15) is 0 Å². The van der Waals surface area contributed by atoms with Crippen molar-refractivity contribution in [1.82, 2.24) is 0 Å². The molecule has 118 valence electrons. The summed E-state index contributed by atoms with van der Waals surface area (Å²) in [5, 5.41) is 14.1. The van der Waals surface area contributed by atoms with Gasteiger partial charge < -0.3 is 19.5 Å². The van der Waals surface area contributed by atoms with E-state index in [1.54, 1.807) is 6.07 Å². The molecule has 0 saturated carbocycles. The number of nitrogens with zero attached hydrogens (tertiary/aromatic N) is 1. The number of nitro groups is 1. The SMILES string of the molecule is CCCOCCCNc1cc(OC)c(OC)cc1[N+](=O)[O-]. The molecule has 0 heterocycles. The number of hydrogen-bond donors (Lipinski definition) is 1. The van der Waals surface area contributed by atoms with Crippen molar-refractivity contribution in [3.63, 3.8) is 0 Å². The van der Waals surface area contributed by atoms with Crippen molar-refractivity contribution in [2.45, 2.75) is 19.8 Å². The van der Waals surface area contributed by atoms with E-state index in [1.807, 2.05) is 6.92 Å². The molecule has 7 nitrogen and oxygen atoms in total. The molecule has 1 aromatic rings. The van der Waals surface area contributed by atoms with Crippen LogP contribution in [0.1, 0.15) is 19.8 Å². The van der Waals surface area contributed by atoms with Crippen molar-refractivity contribution in [2.75, 3.05) is 39.3 Å². The monoisotopic (exact) mass is 298 g/mol. The second kappa shape index (κ2) is 9.02. The van der Waals surface area contributed by atoms with Crippen LogP contribution in [0.2, 0.25) is 0 Å². The molecule has 0 aliphatic carbocycles. The molecule has 0 amide bonds. The Balaban J connectivity index is 2.72. The highest BCUT2D eigenvalue weighted by molar-refractivity contribution is 5.68. The van der Waals surface area contributed by atoms with Crippen LogP contribution < -0.4 is 14.8 Å². The Labute approximate surface area is 124 Å². The van der Waals surface area contributed by atoms with Crippen LogP contribution in [0.25, 0.3) is 0 Å². The van der Waals surface area contributed by atoms with E-state index >= 15 is 0 Å². The summed E-state index contributed by atoms with van der Waals surface area (Å²) in [7, 11) is 2.94. The van der Waals surface area contributed by atoms with Crippen molar-refractivity contribution in [2.24, 2.45) is 0 Å². The summed E-state index contributed by atoms with van der Waals surface area (Å²) in [6, 6.07) is 2.93. The third-order valence-electron chi connectivity index (χ3n) is 2.83. The quantitative estimate of drug-likeness (QED) is 0.406. The Morgan fingerprint density at radius 1 is 1.19 bits per heavy atom. The van der Waals surface area contributed by atoms with Gasteiger partial charge in [0.05, 0.1) is 25.2 Å². The Kier molecular flexibility index (Phi) is 7.31. The zero-order chi connectivity index (χ0) is 15.7. The fourth-order valence-corrected chi connectivity index (χ4v) is 1.80. The van der Waals surface area contributed by atoms with Crippen LogP contribution in [-0.2, 0) is 4.74 Å². The van der Waals surface area contributed by atoms with E-state index in [2.05, 4.69) is 5.32 Å². The maximum atomic E-state index is 11.1. The average molecular weight is 298 g/mol. The van der Waals surface area contributed by atoms with Crippen molar-refractivity contribution in [1.29, 1.82) is 0 Å². The van der Waals surface area contributed by atoms with E-state index in [-0.39, 0.29) is 5.69 Å². The predicted molar refractivity (Wildman–Crippen MR) is 80.4 cm³/mol. The number of hydrogen-bond acceptors (Lipinski definition) is 6. The fraction of sp³-hybridized carbons (Fsp3) is 0.571. The highest BCUT2D eigenvalue weighted by atomic mass is 16.6. The van der Waals surface area contributed by atoms with E-state index in [0.29, 0.717) is 30.3 Å². The summed E-state index contributed by atoms with van der Waals surface area (Å²) in [4.78, 5) is 10.7. The fourth-order valence-electron chi connectivity index (χ4n) is 1.80. The number of rotatable bonds is 10. The minimum Gasteiger partial charge on any atom is -0.493 e. The van der Waals surface area contributed by atoms with Gasteiger partial charge in [-0.1, -0.05) is 6.92 Å². The smallest absolute Gasteiger partial charge is 0.296 e. The summed E-state index contributed by atoms with van der Waals surface area (Å²) in [5.74, 6) is 0.786. The summed E-state index contributed by atoms with van der Waals surface area (Å²) in [5.41, 5.74) is 0.371. The van der Waals surface area contributed by atoms with E-state index in [1.165, 1.54) is 20.3 Å². The minimum atomic E-state index is -0.447. The summed E-state index contributed by atoms with van der Waals surface area (Å²) >= 11 is 0. The van der Waals surface area contributed by atoms with Gasteiger partial charge in [0.2, 0.25) is 0 Å². The largest absolute Gasteiger partial charge is 0.493 e. The summed E-state index contributed by atoms with van der Waals surface area (Å²) < 4.78 is 15.6. The number of nitrogens with one attached hydrogen (secondary N) is 1. The maximum Gasteiger partial charge on any atom is 0.296 e. The number of methoxy groups -OCH3 is 2. The van der Waals surface area contributed by atoms with Gasteiger partial charge in [-0.05, 0) is 12.8 Å². The van der Waals surface area contributed by atoms with Gasteiger partial charge in [0.25, 0.3) is 5.69 Å². The lowest BCUT2D eigenvalue weighted by Crippen LogP contribution is -2.08. The molecule has 0 saturated heterocycles. The molecule has 7 heteroatoms. The van der Waals surface area contributed by atoms with Crippen LogP contribution in [0.15, 0.2) is 12.1 Å². The van der Waals surface area contributed by atoms with E-state index in [0.717, 1.165) is 19.4 Å². The Hall–Kier alpha value is -2.02. The molecule has 1 aromatic carbocycles. The standard InChI is InChI=1S/C14H22N2O5/c1-4-7-21-8-5-6-15-11-9-13(19-2)14(20-3)10-12(11)16(17)18/h9-10,15H,4-8H2,1-3H3. The van der Waals surface area contributed by atoms with Gasteiger partial charge >= 0.3 is 0 Å². The lowest BCUT2D eigenvalue weighted by Gasteiger charge is -2.12. The van der Waals surface area contributed by atoms with E-state index in [4.69, 9.17) is 14.2 Å². The highest BCUT2D eigenvalue weighted by Crippen LogP contribution is 2.37. The molecule has 1 rings (SSSR count). The lowest BCUT2D eigenvalue weighted by molar-refractivity contribution is -0.384. The molecule has 0 fully saturated rings. The number of anilines is 1. The molecule has 0 radical (unpaired) electrons. The van der Waals surface area contributed by atoms with Crippen LogP contribution in [0.3, 0.4) is 0 Å². The molecular formula is C14H22N2O5. The molecule has 0 aliphatic rings. The normalized spacial score (nSPS) is 10.2. The number of nitro benzene ring substituents is 1. The molecule has 0 atom stereocenters. The first-order valence-electron chi connectivity index (χ1n) is 6.86. The van der Waals surface area contributed by atoms with Crippen LogP contribution in [0, 0.1) is 10.1 Å². The van der Waals surface area contributed by atoms with Gasteiger partial charge in [-0.25, -0.2) is 0 Å². The highest BCUT2D eigenvalue weighted by Gasteiger charge is 2.19. The molecular weight excluding hydrogens is 276 g/mol. The predicted octanol–water partition coefficient (Wildman–Crippen LogP) is 2.84. The van der Waals surface area contributed by atoms with Gasteiger partial charge in [0, 0.05) is 25.8 Å². The molecule has 21 heavy (non-hydrogen) atoms. The summed E-state index contributed by atoms with van der Waals surface area (Å²) in [6.45, 7) is 3.99. The Morgan fingerprint density at radius 3 is 2.43 bits per heavy atom. The minimum absolute atomic E-state index is 0.0397. The van der Waals surface area contributed by atoms with Gasteiger partial charge in [0.15, 0.2) is 11.5 Å². The second-order valence-corrected chi connectivity index (χ2v) is 4.37. The molecule has 0 spiro atoms. The van der Waals surface area contributed by atoms with Gasteiger partial charge in [-0.3, -0.25) is 10.1 Å². The topological polar surface area (TPSA) is 82.9 Å². The van der Waals surface area contributed by atoms with Crippen molar-refractivity contribution in [3.05, 3.63) is 22.2 Å². The second-order valence-electron chi connectivity index (χ2n) is 4.37. The van der Waals surface area contributed by atoms with Crippen molar-refractivity contribution >= 4 is 11.4 Å². The molecule has 0 aromatic heterocycles. The lowest BCUT2D eigenvalue weighted by atomic mass is 10.2. The Bertz CT molecular complexity index is 465. The van der Waals surface area contributed by atoms with Gasteiger partial charge in [0.1, 0.15) is 5.69 Å².